The Bertz CT molecular complexity index is 544. The van der Waals surface area contributed by atoms with Gasteiger partial charge in [-0.05, 0) is 18.4 Å². The number of rotatable bonds is 4. The molecule has 5 heteroatoms. The summed E-state index contributed by atoms with van der Waals surface area (Å²) in [6, 6.07) is 8.83. The lowest BCUT2D eigenvalue weighted by Crippen LogP contribution is -2.38. The largest absolute Gasteiger partial charge is 0.392 e. The molecule has 0 aliphatic carbocycles. The summed E-state index contributed by atoms with van der Waals surface area (Å²) in [5, 5.41) is 9.96. The van der Waals surface area contributed by atoms with E-state index in [0.29, 0.717) is 0 Å². The molecule has 0 spiro atoms. The Morgan fingerprint density at radius 2 is 1.86 bits per heavy atom. The van der Waals surface area contributed by atoms with Gasteiger partial charge in [0.15, 0.2) is 0 Å². The minimum absolute atomic E-state index is 0.0213. The molecule has 1 heterocycles. The zero-order valence-electron chi connectivity index (χ0n) is 13.6. The molecule has 0 radical (unpaired) electrons. The van der Waals surface area contributed by atoms with Gasteiger partial charge in [0.2, 0.25) is 5.91 Å². The van der Waals surface area contributed by atoms with E-state index in [1.165, 1.54) is 4.90 Å². The van der Waals surface area contributed by atoms with Crippen molar-refractivity contribution < 1.29 is 14.7 Å². The molecule has 1 N–H and O–H groups in total. The number of hydrogen-bond acceptors (Lipinski definition) is 3. The van der Waals surface area contributed by atoms with Gasteiger partial charge in [-0.15, -0.1) is 0 Å². The van der Waals surface area contributed by atoms with Crippen LogP contribution in [0.4, 0.5) is 4.79 Å². The van der Waals surface area contributed by atoms with Crippen LogP contribution in [0.15, 0.2) is 30.3 Å². The monoisotopic (exact) mass is 304 g/mol. The Hall–Kier alpha value is -1.88. The van der Waals surface area contributed by atoms with Crippen molar-refractivity contribution in [3.63, 3.8) is 0 Å². The fraction of sp³-hybridized carbons (Fsp3) is 0.529. The standard InChI is InChI=1S/C17H24N2O3/c1-11(2)14(20)10-15(21)19-16(12(3)18(4)17(19)22)13-8-6-5-7-9-13/h5-9,11-12,14,16,20H,10H2,1-4H3/t12-,14+,16-/m0/s1. The molecule has 0 saturated carbocycles. The molecular formula is C17H24N2O3. The van der Waals surface area contributed by atoms with Crippen LogP contribution in [0.25, 0.3) is 0 Å². The van der Waals surface area contributed by atoms with Gasteiger partial charge in [-0.25, -0.2) is 4.79 Å². The predicted molar refractivity (Wildman–Crippen MR) is 84.1 cm³/mol. The van der Waals surface area contributed by atoms with Crippen molar-refractivity contribution in [3.05, 3.63) is 35.9 Å². The van der Waals surface area contributed by atoms with Gasteiger partial charge < -0.3 is 10.0 Å². The fourth-order valence-electron chi connectivity index (χ4n) is 2.74. The Morgan fingerprint density at radius 1 is 1.27 bits per heavy atom. The van der Waals surface area contributed by atoms with E-state index in [-0.39, 0.29) is 36.4 Å². The first-order chi connectivity index (χ1) is 10.3. The van der Waals surface area contributed by atoms with Gasteiger partial charge in [-0.1, -0.05) is 44.2 Å². The molecule has 0 unspecified atom stereocenters. The van der Waals surface area contributed by atoms with E-state index in [0.717, 1.165) is 5.56 Å². The number of carbonyl (C=O) groups excluding carboxylic acids is 2. The molecule has 3 atom stereocenters. The number of nitrogens with zero attached hydrogens (tertiary/aromatic N) is 2. The van der Waals surface area contributed by atoms with Gasteiger partial charge in [-0.2, -0.15) is 0 Å². The highest BCUT2D eigenvalue weighted by atomic mass is 16.3. The van der Waals surface area contributed by atoms with Crippen molar-refractivity contribution >= 4 is 11.9 Å². The number of amides is 3. The Balaban J connectivity index is 2.29. The molecule has 0 aromatic heterocycles. The second-order valence-corrected chi connectivity index (χ2v) is 6.27. The topological polar surface area (TPSA) is 60.9 Å². The second-order valence-electron chi connectivity index (χ2n) is 6.27. The van der Waals surface area contributed by atoms with Gasteiger partial charge in [0, 0.05) is 7.05 Å². The molecule has 22 heavy (non-hydrogen) atoms. The molecular weight excluding hydrogens is 280 g/mol. The van der Waals surface area contributed by atoms with Gasteiger partial charge >= 0.3 is 6.03 Å². The summed E-state index contributed by atoms with van der Waals surface area (Å²) in [5.74, 6) is -0.344. The zero-order valence-corrected chi connectivity index (χ0v) is 13.6. The average Bonchev–Trinajstić information content (AvgIpc) is 2.72. The Kier molecular flexibility index (Phi) is 4.86. The number of aliphatic hydroxyl groups is 1. The van der Waals surface area contributed by atoms with Gasteiger partial charge in [0.1, 0.15) is 0 Å². The maximum absolute atomic E-state index is 12.6. The van der Waals surface area contributed by atoms with E-state index in [1.807, 2.05) is 51.1 Å². The summed E-state index contributed by atoms with van der Waals surface area (Å²) in [4.78, 5) is 27.9. The molecule has 1 aliphatic heterocycles. The third-order valence-corrected chi connectivity index (χ3v) is 4.42. The van der Waals surface area contributed by atoms with Crippen molar-refractivity contribution in [3.8, 4) is 0 Å². The Morgan fingerprint density at radius 3 is 2.41 bits per heavy atom. The minimum Gasteiger partial charge on any atom is -0.392 e. The van der Waals surface area contributed by atoms with Gasteiger partial charge in [0.05, 0.1) is 24.6 Å². The maximum Gasteiger partial charge on any atom is 0.327 e. The maximum atomic E-state index is 12.6. The SMILES string of the molecule is CC(C)[C@H](O)CC(=O)N1C(=O)N(C)[C@@H](C)[C@H]1c1ccccc1. The number of hydrogen-bond donors (Lipinski definition) is 1. The molecule has 1 saturated heterocycles. The summed E-state index contributed by atoms with van der Waals surface area (Å²) >= 11 is 0. The highest BCUT2D eigenvalue weighted by Gasteiger charge is 2.45. The number of likely N-dealkylation sites (N-methyl/N-ethyl adjacent to an activating group) is 1. The van der Waals surface area contributed by atoms with Crippen LogP contribution in [0.3, 0.4) is 0 Å². The third-order valence-electron chi connectivity index (χ3n) is 4.42. The molecule has 1 aromatic rings. The summed E-state index contributed by atoms with van der Waals surface area (Å²) in [6.45, 7) is 5.64. The van der Waals surface area contributed by atoms with Crippen LogP contribution in [0.5, 0.6) is 0 Å². The number of urea groups is 1. The fourth-order valence-corrected chi connectivity index (χ4v) is 2.74. The van der Waals surface area contributed by atoms with Crippen LogP contribution in [-0.2, 0) is 4.79 Å². The van der Waals surface area contributed by atoms with E-state index in [9.17, 15) is 14.7 Å². The molecule has 1 fully saturated rings. The van der Waals surface area contributed by atoms with E-state index in [4.69, 9.17) is 0 Å². The van der Waals surface area contributed by atoms with Crippen LogP contribution in [0.1, 0.15) is 38.8 Å². The molecule has 120 valence electrons. The Labute approximate surface area is 131 Å². The molecule has 0 bridgehead atoms. The molecule has 1 aliphatic rings. The lowest BCUT2D eigenvalue weighted by molar-refractivity contribution is -0.132. The molecule has 3 amide bonds. The third kappa shape index (κ3) is 2.99. The number of benzene rings is 1. The van der Waals surface area contributed by atoms with Crippen molar-refractivity contribution in [2.75, 3.05) is 7.05 Å². The van der Waals surface area contributed by atoms with Crippen molar-refractivity contribution in [1.29, 1.82) is 0 Å². The van der Waals surface area contributed by atoms with Gasteiger partial charge in [-0.3, -0.25) is 9.69 Å². The van der Waals surface area contributed by atoms with Gasteiger partial charge in [0.25, 0.3) is 0 Å². The second kappa shape index (κ2) is 6.48. The van der Waals surface area contributed by atoms with E-state index in [1.54, 1.807) is 11.9 Å². The van der Waals surface area contributed by atoms with Crippen LogP contribution in [-0.4, -0.2) is 46.0 Å². The minimum atomic E-state index is -0.738. The van der Waals surface area contributed by atoms with Crippen molar-refractivity contribution in [2.24, 2.45) is 5.92 Å². The summed E-state index contributed by atoms with van der Waals surface area (Å²) in [6.07, 6.45) is -0.772. The summed E-state index contributed by atoms with van der Waals surface area (Å²) < 4.78 is 0. The first kappa shape index (κ1) is 16.5. The lowest BCUT2D eigenvalue weighted by atomic mass is 9.99. The highest BCUT2D eigenvalue weighted by Crippen LogP contribution is 2.35. The highest BCUT2D eigenvalue weighted by molar-refractivity contribution is 5.97. The van der Waals surface area contributed by atoms with Crippen molar-refractivity contribution in [1.82, 2.24) is 9.80 Å². The normalized spacial score (nSPS) is 23.3. The summed E-state index contributed by atoms with van der Waals surface area (Å²) in [5.41, 5.74) is 0.931. The number of carbonyl (C=O) groups is 2. The van der Waals surface area contributed by atoms with Crippen LogP contribution < -0.4 is 0 Å². The first-order valence-electron chi connectivity index (χ1n) is 7.66. The van der Waals surface area contributed by atoms with E-state index >= 15 is 0 Å². The van der Waals surface area contributed by atoms with Crippen molar-refractivity contribution in [2.45, 2.75) is 45.4 Å². The van der Waals surface area contributed by atoms with Crippen LogP contribution >= 0.6 is 0 Å². The lowest BCUT2D eigenvalue weighted by Gasteiger charge is -2.25. The van der Waals surface area contributed by atoms with Crippen LogP contribution in [0, 0.1) is 5.92 Å². The number of aliphatic hydroxyl groups excluding tert-OH is 1. The quantitative estimate of drug-likeness (QED) is 0.929. The summed E-state index contributed by atoms with van der Waals surface area (Å²) in [7, 11) is 1.70. The van der Waals surface area contributed by atoms with Crippen LogP contribution in [0.2, 0.25) is 0 Å². The predicted octanol–water partition coefficient (Wildman–Crippen LogP) is 2.42. The molecule has 1 aromatic carbocycles. The number of imide groups is 1. The van der Waals surface area contributed by atoms with E-state index < -0.39 is 6.10 Å². The zero-order chi connectivity index (χ0) is 16.4. The molecule has 2 rings (SSSR count). The average molecular weight is 304 g/mol. The van der Waals surface area contributed by atoms with E-state index in [2.05, 4.69) is 0 Å². The first-order valence-corrected chi connectivity index (χ1v) is 7.66. The molecule has 5 nitrogen and oxygen atoms in total. The smallest absolute Gasteiger partial charge is 0.327 e.